The number of aromatic nitrogens is 4. The molecule has 0 aliphatic carbocycles. The van der Waals surface area contributed by atoms with E-state index >= 15 is 0 Å². The Kier molecular flexibility index (Phi) is 4.18. The Hall–Kier alpha value is -3.49. The van der Waals surface area contributed by atoms with E-state index in [0.717, 1.165) is 17.5 Å². The van der Waals surface area contributed by atoms with E-state index in [9.17, 15) is 4.79 Å². The molecule has 0 aliphatic rings. The van der Waals surface area contributed by atoms with Crippen LogP contribution in [0.2, 0.25) is 5.02 Å². The van der Waals surface area contributed by atoms with Crippen LogP contribution in [-0.2, 0) is 0 Å². The first kappa shape index (κ1) is 16.0. The van der Waals surface area contributed by atoms with Crippen LogP contribution in [0.15, 0.2) is 61.1 Å². The van der Waals surface area contributed by atoms with E-state index in [0.29, 0.717) is 27.5 Å². The molecule has 0 aliphatic heterocycles. The number of imidazole rings is 1. The van der Waals surface area contributed by atoms with Gasteiger partial charge in [0.05, 0.1) is 16.9 Å². The summed E-state index contributed by atoms with van der Waals surface area (Å²) >= 11 is 6.08. The third-order valence-electron chi connectivity index (χ3n) is 3.80. The van der Waals surface area contributed by atoms with Gasteiger partial charge in [-0.1, -0.05) is 41.8 Å². The molecule has 0 unspecified atom stereocenters. The fourth-order valence-corrected chi connectivity index (χ4v) is 2.62. The molecule has 0 saturated heterocycles. The summed E-state index contributed by atoms with van der Waals surface area (Å²) < 4.78 is 1.69. The zero-order valence-corrected chi connectivity index (χ0v) is 14.2. The second-order valence-corrected chi connectivity index (χ2v) is 5.88. The molecule has 0 bridgehead atoms. The minimum Gasteiger partial charge on any atom is -0.298 e. The molecule has 124 valence electrons. The number of hydrogen-bond acceptors (Lipinski definition) is 4. The van der Waals surface area contributed by atoms with Crippen LogP contribution < -0.4 is 0 Å². The van der Waals surface area contributed by atoms with Gasteiger partial charge in [0, 0.05) is 29.1 Å². The molecular formula is C20H11ClN4O. The lowest BCUT2D eigenvalue weighted by Gasteiger charge is -2.02. The Labute approximate surface area is 154 Å². The normalized spacial score (nSPS) is 10.3. The van der Waals surface area contributed by atoms with Crippen LogP contribution >= 0.6 is 11.6 Å². The third kappa shape index (κ3) is 3.06. The Balaban J connectivity index is 1.75. The van der Waals surface area contributed by atoms with Gasteiger partial charge in [-0.25, -0.2) is 9.50 Å². The Morgan fingerprint density at radius 3 is 2.62 bits per heavy atom. The highest BCUT2D eigenvalue weighted by atomic mass is 35.5. The molecule has 1 aromatic carbocycles. The van der Waals surface area contributed by atoms with Crippen LogP contribution in [0, 0.1) is 11.8 Å². The molecule has 0 atom stereocenters. The minimum atomic E-state index is 0.498. The molecule has 4 rings (SSSR count). The van der Waals surface area contributed by atoms with E-state index in [1.54, 1.807) is 41.3 Å². The van der Waals surface area contributed by atoms with Crippen molar-refractivity contribution >= 4 is 23.5 Å². The zero-order valence-electron chi connectivity index (χ0n) is 13.4. The number of nitrogens with zero attached hydrogens (tertiary/aromatic N) is 4. The lowest BCUT2D eigenvalue weighted by atomic mass is 10.1. The number of carbonyl (C=O) groups excluding carboxylic acids is 1. The molecule has 4 aromatic rings. The molecule has 0 N–H and O–H groups in total. The number of aldehydes is 1. The predicted octanol–water partition coefficient (Wildman–Crippen LogP) is 3.66. The van der Waals surface area contributed by atoms with Crippen molar-refractivity contribution < 1.29 is 4.79 Å². The number of carbonyl (C=O) groups is 1. The SMILES string of the molecule is O=Cc1ccc(-c2ccc3ncc(C#Cc4ccncc4Cl)n3n2)cc1. The second kappa shape index (κ2) is 6.79. The number of benzene rings is 1. The molecular weight excluding hydrogens is 348 g/mol. The molecule has 0 fully saturated rings. The monoisotopic (exact) mass is 358 g/mol. The maximum atomic E-state index is 10.8. The van der Waals surface area contributed by atoms with Crippen LogP contribution in [0.4, 0.5) is 0 Å². The third-order valence-corrected chi connectivity index (χ3v) is 4.10. The standard InChI is InChI=1S/C20H11ClN4O/c21-18-12-22-10-9-15(18)5-6-17-11-23-20-8-7-19(24-25(17)20)16-3-1-14(13-26)2-4-16/h1-4,7-13H. The smallest absolute Gasteiger partial charge is 0.154 e. The Bertz CT molecular complexity index is 1170. The number of fused-ring (bicyclic) bond motifs is 1. The van der Waals surface area contributed by atoms with Gasteiger partial charge >= 0.3 is 0 Å². The molecule has 0 radical (unpaired) electrons. The van der Waals surface area contributed by atoms with Gasteiger partial charge in [-0.2, -0.15) is 5.10 Å². The van der Waals surface area contributed by atoms with E-state index < -0.39 is 0 Å². The fraction of sp³-hybridized carbons (Fsp3) is 0. The highest BCUT2D eigenvalue weighted by Crippen LogP contribution is 2.18. The highest BCUT2D eigenvalue weighted by Gasteiger charge is 2.06. The second-order valence-electron chi connectivity index (χ2n) is 5.48. The van der Waals surface area contributed by atoms with Gasteiger partial charge in [0.2, 0.25) is 0 Å². The molecule has 6 heteroatoms. The minimum absolute atomic E-state index is 0.498. The van der Waals surface area contributed by atoms with Crippen molar-refractivity contribution in [2.75, 3.05) is 0 Å². The van der Waals surface area contributed by atoms with Crippen molar-refractivity contribution in [3.05, 3.63) is 82.9 Å². The summed E-state index contributed by atoms with van der Waals surface area (Å²) in [5.41, 5.74) is 4.33. The van der Waals surface area contributed by atoms with Gasteiger partial charge in [0.15, 0.2) is 5.65 Å². The van der Waals surface area contributed by atoms with Gasteiger partial charge in [-0.05, 0) is 24.1 Å². The number of halogens is 1. The Morgan fingerprint density at radius 1 is 1.00 bits per heavy atom. The van der Waals surface area contributed by atoms with Crippen LogP contribution in [0.5, 0.6) is 0 Å². The fourth-order valence-electron chi connectivity index (χ4n) is 2.45. The summed E-state index contributed by atoms with van der Waals surface area (Å²) in [4.78, 5) is 19.1. The molecule has 3 aromatic heterocycles. The Morgan fingerprint density at radius 2 is 1.85 bits per heavy atom. The molecule has 0 amide bonds. The summed E-state index contributed by atoms with van der Waals surface area (Å²) in [5, 5.41) is 5.11. The number of rotatable bonds is 2. The summed E-state index contributed by atoms with van der Waals surface area (Å²) in [6.45, 7) is 0. The van der Waals surface area contributed by atoms with Crippen molar-refractivity contribution in [2.24, 2.45) is 0 Å². The topological polar surface area (TPSA) is 60.2 Å². The van der Waals surface area contributed by atoms with Gasteiger partial charge in [0.25, 0.3) is 0 Å². The van der Waals surface area contributed by atoms with Gasteiger partial charge in [-0.15, -0.1) is 0 Å². The van der Waals surface area contributed by atoms with Crippen molar-refractivity contribution in [2.45, 2.75) is 0 Å². The number of hydrogen-bond donors (Lipinski definition) is 0. The summed E-state index contributed by atoms with van der Waals surface area (Å²) in [6, 6.07) is 12.7. The van der Waals surface area contributed by atoms with E-state index in [4.69, 9.17) is 11.6 Å². The van der Waals surface area contributed by atoms with E-state index in [1.165, 1.54) is 0 Å². The predicted molar refractivity (Wildman–Crippen MR) is 99.0 cm³/mol. The molecule has 0 saturated carbocycles. The molecule has 26 heavy (non-hydrogen) atoms. The van der Waals surface area contributed by atoms with Crippen molar-refractivity contribution in [3.8, 4) is 23.1 Å². The van der Waals surface area contributed by atoms with Gasteiger partial charge in [-0.3, -0.25) is 9.78 Å². The molecule has 3 heterocycles. The summed E-state index contributed by atoms with van der Waals surface area (Å²) in [6.07, 6.45) is 5.68. The first-order chi connectivity index (χ1) is 12.7. The van der Waals surface area contributed by atoms with E-state index in [-0.39, 0.29) is 0 Å². The van der Waals surface area contributed by atoms with Crippen LogP contribution in [0.1, 0.15) is 21.6 Å². The van der Waals surface area contributed by atoms with Crippen molar-refractivity contribution in [1.29, 1.82) is 0 Å². The maximum absolute atomic E-state index is 10.8. The number of pyridine rings is 1. The van der Waals surface area contributed by atoms with E-state index in [1.807, 2.05) is 24.3 Å². The molecule has 0 spiro atoms. The van der Waals surface area contributed by atoms with Gasteiger partial charge < -0.3 is 0 Å². The summed E-state index contributed by atoms with van der Waals surface area (Å²) in [7, 11) is 0. The summed E-state index contributed by atoms with van der Waals surface area (Å²) in [5.74, 6) is 6.07. The quantitative estimate of drug-likeness (QED) is 0.405. The lowest BCUT2D eigenvalue weighted by molar-refractivity contribution is 0.112. The van der Waals surface area contributed by atoms with E-state index in [2.05, 4.69) is 26.9 Å². The average Bonchev–Trinajstić information content (AvgIpc) is 3.10. The highest BCUT2D eigenvalue weighted by molar-refractivity contribution is 6.31. The first-order valence-electron chi connectivity index (χ1n) is 7.76. The van der Waals surface area contributed by atoms with Crippen LogP contribution in [-0.4, -0.2) is 25.9 Å². The van der Waals surface area contributed by atoms with Crippen LogP contribution in [0.3, 0.4) is 0 Å². The van der Waals surface area contributed by atoms with Gasteiger partial charge in [0.1, 0.15) is 12.0 Å². The van der Waals surface area contributed by atoms with Crippen LogP contribution in [0.25, 0.3) is 16.9 Å². The zero-order chi connectivity index (χ0) is 17.9. The largest absolute Gasteiger partial charge is 0.298 e. The maximum Gasteiger partial charge on any atom is 0.154 e. The first-order valence-corrected chi connectivity index (χ1v) is 8.14. The average molecular weight is 359 g/mol. The lowest BCUT2D eigenvalue weighted by Crippen LogP contribution is -1.97. The van der Waals surface area contributed by atoms with Crippen molar-refractivity contribution in [3.63, 3.8) is 0 Å². The van der Waals surface area contributed by atoms with Crippen molar-refractivity contribution in [1.82, 2.24) is 19.6 Å². The molecule has 5 nitrogen and oxygen atoms in total.